The first-order valence-corrected chi connectivity index (χ1v) is 5.07. The Hall–Kier alpha value is -1.26. The normalized spacial score (nSPS) is 25.3. The van der Waals surface area contributed by atoms with E-state index < -0.39 is 11.7 Å². The quantitative estimate of drug-likeness (QED) is 0.712. The van der Waals surface area contributed by atoms with E-state index in [0.717, 1.165) is 0 Å². The fourth-order valence-corrected chi connectivity index (χ4v) is 1.44. The molecule has 0 aliphatic heterocycles. The lowest BCUT2D eigenvalue weighted by Gasteiger charge is -2.34. The van der Waals surface area contributed by atoms with Gasteiger partial charge in [-0.2, -0.15) is 0 Å². The highest BCUT2D eigenvalue weighted by atomic mass is 16.6. The second-order valence-electron chi connectivity index (χ2n) is 4.91. The lowest BCUT2D eigenvalue weighted by molar-refractivity contribution is -0.124. The van der Waals surface area contributed by atoms with Gasteiger partial charge in [0.25, 0.3) is 0 Å². The standard InChI is InChI=1S/C10H18N2O3/c1-10(2,3)15-9(14)12-7-4-6(5-7)8(11)13/h6-7H,4-5H2,1-3H3,(H2,11,13)(H,12,14)/t6-,7+. The molecule has 0 atom stereocenters. The maximum absolute atomic E-state index is 11.3. The Labute approximate surface area is 89.3 Å². The van der Waals surface area contributed by atoms with Crippen molar-refractivity contribution in [1.82, 2.24) is 5.32 Å². The highest BCUT2D eigenvalue weighted by Gasteiger charge is 2.34. The van der Waals surface area contributed by atoms with Crippen molar-refractivity contribution in [2.75, 3.05) is 0 Å². The van der Waals surface area contributed by atoms with Crippen LogP contribution in [0.15, 0.2) is 0 Å². The Balaban J connectivity index is 2.22. The molecule has 1 fully saturated rings. The molecule has 5 heteroatoms. The van der Waals surface area contributed by atoms with Crippen molar-refractivity contribution in [2.45, 2.75) is 45.3 Å². The van der Waals surface area contributed by atoms with Crippen molar-refractivity contribution >= 4 is 12.0 Å². The smallest absolute Gasteiger partial charge is 0.407 e. The summed E-state index contributed by atoms with van der Waals surface area (Å²) < 4.78 is 5.07. The molecule has 1 aliphatic carbocycles. The third-order valence-electron chi connectivity index (χ3n) is 2.26. The molecule has 0 heterocycles. The maximum atomic E-state index is 11.3. The van der Waals surface area contributed by atoms with Gasteiger partial charge in [0.15, 0.2) is 0 Å². The third-order valence-corrected chi connectivity index (χ3v) is 2.26. The van der Waals surface area contributed by atoms with Crippen molar-refractivity contribution < 1.29 is 14.3 Å². The molecular formula is C10H18N2O3. The van der Waals surface area contributed by atoms with E-state index in [-0.39, 0.29) is 17.9 Å². The molecule has 15 heavy (non-hydrogen) atoms. The summed E-state index contributed by atoms with van der Waals surface area (Å²) in [5.74, 6) is -0.387. The molecule has 0 spiro atoms. The molecule has 1 saturated carbocycles. The molecular weight excluding hydrogens is 196 g/mol. The Morgan fingerprint density at radius 2 is 1.87 bits per heavy atom. The van der Waals surface area contributed by atoms with Gasteiger partial charge < -0.3 is 15.8 Å². The van der Waals surface area contributed by atoms with E-state index in [4.69, 9.17) is 10.5 Å². The fraction of sp³-hybridized carbons (Fsp3) is 0.800. The van der Waals surface area contributed by atoms with Gasteiger partial charge in [-0.05, 0) is 33.6 Å². The average Bonchev–Trinajstić information content (AvgIpc) is 1.91. The number of nitrogens with two attached hydrogens (primary N) is 1. The first-order valence-electron chi connectivity index (χ1n) is 5.07. The highest BCUT2D eigenvalue weighted by Crippen LogP contribution is 2.27. The van der Waals surface area contributed by atoms with Crippen LogP contribution in [0.1, 0.15) is 33.6 Å². The largest absolute Gasteiger partial charge is 0.444 e. The molecule has 0 aromatic heterocycles. The van der Waals surface area contributed by atoms with Crippen LogP contribution in [-0.2, 0) is 9.53 Å². The van der Waals surface area contributed by atoms with Crippen molar-refractivity contribution in [3.05, 3.63) is 0 Å². The number of hydrogen-bond donors (Lipinski definition) is 2. The first-order chi connectivity index (χ1) is 6.78. The molecule has 0 aromatic rings. The van der Waals surface area contributed by atoms with Crippen molar-refractivity contribution in [3.63, 3.8) is 0 Å². The average molecular weight is 214 g/mol. The SMILES string of the molecule is CC(C)(C)OC(=O)N[C@H]1C[C@@H](C(N)=O)C1. The summed E-state index contributed by atoms with van der Waals surface area (Å²) in [6.45, 7) is 5.42. The third kappa shape index (κ3) is 3.77. The molecule has 0 aromatic carbocycles. The van der Waals surface area contributed by atoms with E-state index in [1.54, 1.807) is 20.8 Å². The fourth-order valence-electron chi connectivity index (χ4n) is 1.44. The monoisotopic (exact) mass is 214 g/mol. The molecule has 2 amide bonds. The molecule has 3 N–H and O–H groups in total. The number of hydrogen-bond acceptors (Lipinski definition) is 3. The Morgan fingerprint density at radius 1 is 1.33 bits per heavy atom. The van der Waals surface area contributed by atoms with Gasteiger partial charge in [0.2, 0.25) is 5.91 Å². The predicted molar refractivity (Wildman–Crippen MR) is 55.1 cm³/mol. The zero-order valence-electron chi connectivity index (χ0n) is 9.37. The van der Waals surface area contributed by atoms with Crippen LogP contribution in [0.5, 0.6) is 0 Å². The topological polar surface area (TPSA) is 81.4 Å². The van der Waals surface area contributed by atoms with Gasteiger partial charge in [0, 0.05) is 12.0 Å². The number of rotatable bonds is 2. The van der Waals surface area contributed by atoms with E-state index in [9.17, 15) is 9.59 Å². The van der Waals surface area contributed by atoms with Crippen LogP contribution < -0.4 is 11.1 Å². The Morgan fingerprint density at radius 3 is 2.27 bits per heavy atom. The van der Waals surface area contributed by atoms with Gasteiger partial charge in [-0.25, -0.2) is 4.79 Å². The Kier molecular flexibility index (Phi) is 3.21. The van der Waals surface area contributed by atoms with Gasteiger partial charge in [0.05, 0.1) is 0 Å². The van der Waals surface area contributed by atoms with E-state index >= 15 is 0 Å². The van der Waals surface area contributed by atoms with Crippen molar-refractivity contribution in [3.8, 4) is 0 Å². The second kappa shape index (κ2) is 4.08. The highest BCUT2D eigenvalue weighted by molar-refractivity contribution is 5.78. The summed E-state index contributed by atoms with van der Waals surface area (Å²) >= 11 is 0. The number of carbonyl (C=O) groups excluding carboxylic acids is 2. The number of alkyl carbamates (subject to hydrolysis) is 1. The van der Waals surface area contributed by atoms with Crippen LogP contribution in [0, 0.1) is 5.92 Å². The van der Waals surface area contributed by atoms with Crippen molar-refractivity contribution in [1.29, 1.82) is 0 Å². The minimum absolute atomic E-state index is 0.0253. The summed E-state index contributed by atoms with van der Waals surface area (Å²) in [4.78, 5) is 22.0. The lowest BCUT2D eigenvalue weighted by Crippen LogP contribution is -2.49. The minimum Gasteiger partial charge on any atom is -0.444 e. The molecule has 86 valence electrons. The summed E-state index contributed by atoms with van der Waals surface area (Å²) in [5, 5.41) is 2.69. The minimum atomic E-state index is -0.489. The summed E-state index contributed by atoms with van der Waals surface area (Å²) in [6.07, 6.45) is 0.804. The molecule has 5 nitrogen and oxygen atoms in total. The lowest BCUT2D eigenvalue weighted by atomic mass is 9.80. The van der Waals surface area contributed by atoms with E-state index in [1.165, 1.54) is 0 Å². The molecule has 1 rings (SSSR count). The Bertz CT molecular complexity index is 264. The molecule has 1 aliphatic rings. The molecule has 0 bridgehead atoms. The van der Waals surface area contributed by atoms with Crippen LogP contribution >= 0.6 is 0 Å². The van der Waals surface area contributed by atoms with Crippen LogP contribution in [-0.4, -0.2) is 23.6 Å². The van der Waals surface area contributed by atoms with Gasteiger partial charge >= 0.3 is 6.09 Å². The summed E-state index contributed by atoms with van der Waals surface area (Å²) in [7, 11) is 0. The summed E-state index contributed by atoms with van der Waals surface area (Å²) in [6, 6.07) is 0.0253. The van der Waals surface area contributed by atoms with Crippen molar-refractivity contribution in [2.24, 2.45) is 11.7 Å². The van der Waals surface area contributed by atoms with Gasteiger partial charge in [-0.3, -0.25) is 4.79 Å². The number of amides is 2. The van der Waals surface area contributed by atoms with Gasteiger partial charge in [-0.15, -0.1) is 0 Å². The molecule has 0 saturated heterocycles. The number of primary amides is 1. The van der Waals surface area contributed by atoms with Crippen LogP contribution in [0.25, 0.3) is 0 Å². The maximum Gasteiger partial charge on any atom is 0.407 e. The second-order valence-corrected chi connectivity index (χ2v) is 4.91. The zero-order chi connectivity index (χ0) is 11.6. The van der Waals surface area contributed by atoms with Crippen LogP contribution in [0.3, 0.4) is 0 Å². The van der Waals surface area contributed by atoms with E-state index in [2.05, 4.69) is 5.32 Å². The molecule has 0 radical (unpaired) electrons. The number of ether oxygens (including phenoxy) is 1. The molecule has 0 unspecified atom stereocenters. The van der Waals surface area contributed by atoms with Gasteiger partial charge in [-0.1, -0.05) is 0 Å². The predicted octanol–water partition coefficient (Wildman–Crippen LogP) is 0.775. The first kappa shape index (κ1) is 11.8. The number of carbonyl (C=O) groups is 2. The summed E-state index contributed by atoms with van der Waals surface area (Å²) in [5.41, 5.74) is 4.62. The van der Waals surface area contributed by atoms with Crippen LogP contribution in [0.4, 0.5) is 4.79 Å². The van der Waals surface area contributed by atoms with Crippen LogP contribution in [0.2, 0.25) is 0 Å². The number of nitrogens with one attached hydrogen (secondary N) is 1. The van der Waals surface area contributed by atoms with E-state index in [0.29, 0.717) is 12.8 Å². The van der Waals surface area contributed by atoms with Gasteiger partial charge in [0.1, 0.15) is 5.60 Å². The van der Waals surface area contributed by atoms with E-state index in [1.807, 2.05) is 0 Å². The zero-order valence-corrected chi connectivity index (χ0v) is 9.37.